The maximum atomic E-state index is 12.4. The molecule has 31 heavy (non-hydrogen) atoms. The minimum Gasteiger partial charge on any atom is -0.497 e. The van der Waals surface area contributed by atoms with Crippen molar-refractivity contribution in [3.63, 3.8) is 0 Å². The summed E-state index contributed by atoms with van der Waals surface area (Å²) in [7, 11) is 1.62. The molecule has 0 aliphatic carbocycles. The molecule has 0 spiro atoms. The fourth-order valence-electron chi connectivity index (χ4n) is 3.09. The molecule has 0 fully saturated rings. The Bertz CT molecular complexity index is 1120. The Hall–Kier alpha value is -3.46. The van der Waals surface area contributed by atoms with Gasteiger partial charge in [-0.1, -0.05) is 23.9 Å². The normalized spacial score (nSPS) is 11.9. The van der Waals surface area contributed by atoms with Crippen LogP contribution in [0.25, 0.3) is 11.4 Å². The summed E-state index contributed by atoms with van der Waals surface area (Å²) < 4.78 is 18.1. The number of carbonyl (C=O) groups is 1. The van der Waals surface area contributed by atoms with Gasteiger partial charge < -0.3 is 18.9 Å². The number of ether oxygens (including phenoxy) is 1. The number of nitrogens with zero attached hydrogens (tertiary/aromatic N) is 3. The lowest BCUT2D eigenvalue weighted by atomic mass is 10.2. The van der Waals surface area contributed by atoms with Crippen LogP contribution < -0.4 is 10.1 Å². The zero-order chi connectivity index (χ0) is 21.6. The second-order valence-corrected chi connectivity index (χ2v) is 7.74. The maximum Gasteiger partial charge on any atom is 0.231 e. The summed E-state index contributed by atoms with van der Waals surface area (Å²) >= 11 is 1.32. The predicted octanol–water partition coefficient (Wildman–Crippen LogP) is 4.16. The molecule has 1 amide bonds. The molecule has 4 rings (SSSR count). The highest BCUT2D eigenvalue weighted by atomic mass is 32.2. The first kappa shape index (κ1) is 20.8. The van der Waals surface area contributed by atoms with E-state index in [4.69, 9.17) is 13.6 Å². The van der Waals surface area contributed by atoms with E-state index < -0.39 is 0 Å². The van der Waals surface area contributed by atoms with Crippen LogP contribution in [0, 0.1) is 0 Å². The minimum atomic E-state index is -0.212. The third-order valence-corrected chi connectivity index (χ3v) is 5.59. The van der Waals surface area contributed by atoms with Gasteiger partial charge in [-0.3, -0.25) is 9.36 Å². The van der Waals surface area contributed by atoms with Gasteiger partial charge in [0, 0.05) is 5.56 Å². The van der Waals surface area contributed by atoms with Crippen LogP contribution in [0.5, 0.6) is 5.75 Å². The van der Waals surface area contributed by atoms with Crippen molar-refractivity contribution < 1.29 is 18.4 Å². The second-order valence-electron chi connectivity index (χ2n) is 6.80. The van der Waals surface area contributed by atoms with Gasteiger partial charge in [0.25, 0.3) is 0 Å². The standard InChI is InChI=1S/C22H22N4O4S/c1-15(19-9-5-11-30-19)23-20(27)14-31-22-25-24-21(16-6-3-7-17(12-16)28-2)26(22)13-18-8-4-10-29-18/h3-12,15H,13-14H2,1-2H3,(H,23,27). The zero-order valence-electron chi connectivity index (χ0n) is 17.1. The lowest BCUT2D eigenvalue weighted by Gasteiger charge is -2.12. The van der Waals surface area contributed by atoms with E-state index in [0.717, 1.165) is 17.1 Å². The highest BCUT2D eigenvalue weighted by Gasteiger charge is 2.18. The molecule has 0 bridgehead atoms. The molecule has 4 aromatic rings. The first-order valence-corrected chi connectivity index (χ1v) is 10.7. The van der Waals surface area contributed by atoms with E-state index in [1.807, 2.05) is 54.0 Å². The van der Waals surface area contributed by atoms with E-state index in [-0.39, 0.29) is 17.7 Å². The molecule has 0 saturated heterocycles. The fourth-order valence-corrected chi connectivity index (χ4v) is 3.84. The van der Waals surface area contributed by atoms with Crippen LogP contribution >= 0.6 is 11.8 Å². The number of thioether (sulfide) groups is 1. The molecule has 1 aromatic carbocycles. The van der Waals surface area contributed by atoms with Gasteiger partial charge in [0.05, 0.1) is 38.0 Å². The van der Waals surface area contributed by atoms with Gasteiger partial charge in [0.15, 0.2) is 11.0 Å². The van der Waals surface area contributed by atoms with Crippen LogP contribution in [-0.4, -0.2) is 33.5 Å². The van der Waals surface area contributed by atoms with Crippen LogP contribution in [-0.2, 0) is 11.3 Å². The topological polar surface area (TPSA) is 95.3 Å². The van der Waals surface area contributed by atoms with E-state index >= 15 is 0 Å². The molecule has 0 aliphatic rings. The molecule has 0 aliphatic heterocycles. The number of nitrogens with one attached hydrogen (secondary N) is 1. The number of rotatable bonds is 9. The number of hydrogen-bond acceptors (Lipinski definition) is 7. The molecule has 8 nitrogen and oxygen atoms in total. The second kappa shape index (κ2) is 9.57. The Kier molecular flexibility index (Phi) is 6.42. The van der Waals surface area contributed by atoms with Crippen molar-refractivity contribution in [2.45, 2.75) is 24.7 Å². The summed E-state index contributed by atoms with van der Waals surface area (Å²) in [4.78, 5) is 12.4. The minimum absolute atomic E-state index is 0.121. The lowest BCUT2D eigenvalue weighted by molar-refractivity contribution is -0.119. The molecule has 1 atom stereocenters. The number of hydrogen-bond donors (Lipinski definition) is 1. The molecule has 1 N–H and O–H groups in total. The van der Waals surface area contributed by atoms with E-state index in [2.05, 4.69) is 15.5 Å². The highest BCUT2D eigenvalue weighted by molar-refractivity contribution is 7.99. The fraction of sp³-hybridized carbons (Fsp3) is 0.227. The molecule has 0 saturated carbocycles. The zero-order valence-corrected chi connectivity index (χ0v) is 18.0. The van der Waals surface area contributed by atoms with E-state index in [1.165, 1.54) is 11.8 Å². The highest BCUT2D eigenvalue weighted by Crippen LogP contribution is 2.27. The van der Waals surface area contributed by atoms with E-state index in [9.17, 15) is 4.79 Å². The number of aromatic nitrogens is 3. The number of methoxy groups -OCH3 is 1. The van der Waals surface area contributed by atoms with Crippen molar-refractivity contribution in [2.24, 2.45) is 0 Å². The monoisotopic (exact) mass is 438 g/mol. The van der Waals surface area contributed by atoms with Crippen LogP contribution in [0.1, 0.15) is 24.5 Å². The third-order valence-electron chi connectivity index (χ3n) is 4.62. The lowest BCUT2D eigenvalue weighted by Crippen LogP contribution is -2.28. The summed E-state index contributed by atoms with van der Waals surface area (Å²) in [5, 5.41) is 12.2. The molecule has 160 valence electrons. The van der Waals surface area contributed by atoms with Crippen molar-refractivity contribution in [1.29, 1.82) is 0 Å². The summed E-state index contributed by atoms with van der Waals surface area (Å²) in [6, 6.07) is 14.8. The number of amides is 1. The van der Waals surface area contributed by atoms with Gasteiger partial charge in [-0.2, -0.15) is 0 Å². The Labute approximate surface area is 183 Å². The van der Waals surface area contributed by atoms with Crippen molar-refractivity contribution in [3.8, 4) is 17.1 Å². The quantitative estimate of drug-likeness (QED) is 0.392. The number of benzene rings is 1. The summed E-state index contributed by atoms with van der Waals surface area (Å²) in [5.41, 5.74) is 0.862. The van der Waals surface area contributed by atoms with Gasteiger partial charge in [-0.25, -0.2) is 0 Å². The first-order chi connectivity index (χ1) is 15.1. The molecule has 1 unspecified atom stereocenters. The van der Waals surface area contributed by atoms with Gasteiger partial charge >= 0.3 is 0 Å². The van der Waals surface area contributed by atoms with Crippen molar-refractivity contribution in [2.75, 3.05) is 12.9 Å². The van der Waals surface area contributed by atoms with Gasteiger partial charge in [0.2, 0.25) is 5.91 Å². The SMILES string of the molecule is COc1cccc(-c2nnc(SCC(=O)NC(C)c3ccco3)n2Cc2ccco2)c1. The first-order valence-electron chi connectivity index (χ1n) is 9.69. The van der Waals surface area contributed by atoms with Gasteiger partial charge in [-0.05, 0) is 43.3 Å². The van der Waals surface area contributed by atoms with Crippen LogP contribution in [0.15, 0.2) is 75.0 Å². The smallest absolute Gasteiger partial charge is 0.231 e. The van der Waals surface area contributed by atoms with Crippen LogP contribution in [0.3, 0.4) is 0 Å². The van der Waals surface area contributed by atoms with Gasteiger partial charge in [-0.15, -0.1) is 10.2 Å². The summed E-state index contributed by atoms with van der Waals surface area (Å²) in [6.07, 6.45) is 3.21. The average molecular weight is 439 g/mol. The largest absolute Gasteiger partial charge is 0.497 e. The van der Waals surface area contributed by atoms with Crippen molar-refractivity contribution >= 4 is 17.7 Å². The van der Waals surface area contributed by atoms with Crippen LogP contribution in [0.4, 0.5) is 0 Å². The molecule has 9 heteroatoms. The Morgan fingerprint density at radius 3 is 2.74 bits per heavy atom. The Morgan fingerprint density at radius 1 is 1.16 bits per heavy atom. The van der Waals surface area contributed by atoms with E-state index in [0.29, 0.717) is 23.3 Å². The van der Waals surface area contributed by atoms with E-state index in [1.54, 1.807) is 25.7 Å². The van der Waals surface area contributed by atoms with Crippen molar-refractivity contribution in [1.82, 2.24) is 20.1 Å². The van der Waals surface area contributed by atoms with Crippen LogP contribution in [0.2, 0.25) is 0 Å². The maximum absolute atomic E-state index is 12.4. The number of carbonyl (C=O) groups excluding carboxylic acids is 1. The Balaban J connectivity index is 1.52. The van der Waals surface area contributed by atoms with Gasteiger partial charge in [0.1, 0.15) is 17.3 Å². The molecule has 3 heterocycles. The Morgan fingerprint density at radius 2 is 2.00 bits per heavy atom. The molecular formula is C22H22N4O4S. The average Bonchev–Trinajstić information content (AvgIpc) is 3.55. The third kappa shape index (κ3) is 5.00. The molecule has 3 aromatic heterocycles. The molecular weight excluding hydrogens is 416 g/mol. The predicted molar refractivity (Wildman–Crippen MR) is 116 cm³/mol. The number of furan rings is 2. The summed E-state index contributed by atoms with van der Waals surface area (Å²) in [5.74, 6) is 2.94. The van der Waals surface area contributed by atoms with Crippen molar-refractivity contribution in [3.05, 3.63) is 72.6 Å². The summed E-state index contributed by atoms with van der Waals surface area (Å²) in [6.45, 7) is 2.32. The molecule has 0 radical (unpaired) electrons.